The van der Waals surface area contributed by atoms with E-state index in [1.807, 2.05) is 0 Å². The summed E-state index contributed by atoms with van der Waals surface area (Å²) in [7, 11) is -8.01. The number of hydrogen-bond donors (Lipinski definition) is 2. The molecule has 1 aromatic rings. The van der Waals surface area contributed by atoms with Gasteiger partial charge in [-0.3, -0.25) is 9.11 Å². The van der Waals surface area contributed by atoms with Crippen molar-refractivity contribution in [2.75, 3.05) is 11.9 Å². The Hall–Kier alpha value is -0.530. The molecule has 17 heavy (non-hydrogen) atoms. The van der Waals surface area contributed by atoms with E-state index >= 15 is 0 Å². The van der Waals surface area contributed by atoms with E-state index in [2.05, 4.69) is 0 Å². The van der Waals surface area contributed by atoms with E-state index in [1.54, 1.807) is 0 Å². The third kappa shape index (κ3) is 5.56. The van der Waals surface area contributed by atoms with E-state index in [1.165, 1.54) is 24.3 Å². The molecule has 0 saturated heterocycles. The summed E-state index contributed by atoms with van der Waals surface area (Å²) in [5.41, 5.74) is 0. The van der Waals surface area contributed by atoms with Gasteiger partial charge >= 0.3 is 0 Å². The smallest absolute Gasteiger partial charge is 0.286 e. The van der Waals surface area contributed by atoms with Gasteiger partial charge in [-0.2, -0.15) is 16.8 Å². The second-order valence-corrected chi connectivity index (χ2v) is 7.64. The summed E-state index contributed by atoms with van der Waals surface area (Å²) in [5, 5.41) is 0.751. The summed E-state index contributed by atoms with van der Waals surface area (Å²) in [4.78, 5) is -0.208. The van der Waals surface area contributed by atoms with E-state index in [4.69, 9.17) is 9.11 Å². The molecule has 1 aromatic carbocycles. The maximum absolute atomic E-state index is 10.7. The summed E-state index contributed by atoms with van der Waals surface area (Å²) >= 11 is 0. The molecular formula is C8H11O6PS2. The molecule has 0 amide bonds. The molecule has 0 aromatic heterocycles. The van der Waals surface area contributed by atoms with Crippen molar-refractivity contribution in [3.05, 3.63) is 24.3 Å². The molecule has 0 fully saturated rings. The Labute approximate surface area is 101 Å². The fourth-order valence-electron chi connectivity index (χ4n) is 1.07. The Bertz CT molecular complexity index is 575. The maximum atomic E-state index is 10.7. The molecule has 0 radical (unpaired) electrons. The van der Waals surface area contributed by atoms with Crippen molar-refractivity contribution in [2.24, 2.45) is 0 Å². The minimum absolute atomic E-state index is 0.142. The van der Waals surface area contributed by atoms with Crippen LogP contribution in [0.1, 0.15) is 0 Å². The van der Waals surface area contributed by atoms with Crippen LogP contribution in [0.25, 0.3) is 0 Å². The van der Waals surface area contributed by atoms with Gasteiger partial charge in [0.2, 0.25) is 0 Å². The van der Waals surface area contributed by atoms with Crippen LogP contribution in [0.15, 0.2) is 29.2 Å². The molecule has 6 nitrogen and oxygen atoms in total. The first kappa shape index (κ1) is 14.5. The molecule has 1 rings (SSSR count). The molecule has 0 bridgehead atoms. The van der Waals surface area contributed by atoms with Crippen LogP contribution in [0.5, 0.6) is 0 Å². The zero-order valence-electron chi connectivity index (χ0n) is 8.57. The summed E-state index contributed by atoms with van der Waals surface area (Å²) in [5.74, 6) is -0.328. The Balaban J connectivity index is 2.64. The lowest BCUT2D eigenvalue weighted by atomic mass is 10.4. The van der Waals surface area contributed by atoms with Crippen LogP contribution in [0.4, 0.5) is 0 Å². The predicted molar refractivity (Wildman–Crippen MR) is 65.5 cm³/mol. The maximum Gasteiger partial charge on any atom is 0.294 e. The van der Waals surface area contributed by atoms with E-state index in [-0.39, 0.29) is 25.4 Å². The minimum Gasteiger partial charge on any atom is -0.286 e. The fourth-order valence-corrected chi connectivity index (χ4v) is 3.68. The quantitative estimate of drug-likeness (QED) is 0.590. The number of rotatable bonds is 5. The van der Waals surface area contributed by atoms with Crippen LogP contribution in [0.2, 0.25) is 0 Å². The van der Waals surface area contributed by atoms with Gasteiger partial charge in [0.1, 0.15) is 0 Å². The first-order valence-corrected chi connectivity index (χ1v) is 8.71. The first-order valence-electron chi connectivity index (χ1n) is 4.45. The molecule has 0 spiro atoms. The Morgan fingerprint density at radius 3 is 1.94 bits per heavy atom. The largest absolute Gasteiger partial charge is 0.294 e. The van der Waals surface area contributed by atoms with Gasteiger partial charge in [-0.1, -0.05) is 20.7 Å². The molecular weight excluding hydrogens is 287 g/mol. The normalized spacial score (nSPS) is 13.3. The van der Waals surface area contributed by atoms with Crippen LogP contribution in [-0.4, -0.2) is 37.9 Å². The monoisotopic (exact) mass is 298 g/mol. The van der Waals surface area contributed by atoms with Gasteiger partial charge < -0.3 is 0 Å². The SMILES string of the molecule is O=S(=O)(O)CCPc1ccc(S(=O)(=O)O)cc1. The van der Waals surface area contributed by atoms with Crippen LogP contribution in [0.3, 0.4) is 0 Å². The second kappa shape index (κ2) is 5.41. The summed E-state index contributed by atoms with van der Waals surface area (Å²) < 4.78 is 59.6. The van der Waals surface area contributed by atoms with E-state index < -0.39 is 20.2 Å². The fraction of sp³-hybridized carbons (Fsp3) is 0.250. The van der Waals surface area contributed by atoms with Gasteiger partial charge in [-0.25, -0.2) is 0 Å². The van der Waals surface area contributed by atoms with Gasteiger partial charge in [0, 0.05) is 0 Å². The van der Waals surface area contributed by atoms with Gasteiger partial charge in [0.05, 0.1) is 10.6 Å². The van der Waals surface area contributed by atoms with Crippen molar-refractivity contribution >= 4 is 34.1 Å². The van der Waals surface area contributed by atoms with Crippen molar-refractivity contribution < 1.29 is 25.9 Å². The molecule has 1 unspecified atom stereocenters. The number of benzene rings is 1. The van der Waals surface area contributed by atoms with Gasteiger partial charge in [0.25, 0.3) is 20.2 Å². The molecule has 96 valence electrons. The van der Waals surface area contributed by atoms with E-state index in [0.29, 0.717) is 0 Å². The zero-order valence-corrected chi connectivity index (χ0v) is 11.2. The minimum atomic E-state index is -4.20. The molecule has 1 atom stereocenters. The van der Waals surface area contributed by atoms with E-state index in [0.717, 1.165) is 5.30 Å². The summed E-state index contributed by atoms with van der Waals surface area (Å²) in [6, 6.07) is 5.47. The predicted octanol–water partition coefficient (Wildman–Crippen LogP) is 0.125. The van der Waals surface area contributed by atoms with Crippen LogP contribution in [-0.2, 0) is 20.2 Å². The summed E-state index contributed by atoms with van der Waals surface area (Å²) in [6.45, 7) is 0. The Morgan fingerprint density at radius 2 is 1.53 bits per heavy atom. The zero-order chi connectivity index (χ0) is 13.1. The van der Waals surface area contributed by atoms with Gasteiger partial charge in [-0.05, 0) is 23.6 Å². The topological polar surface area (TPSA) is 109 Å². The second-order valence-electron chi connectivity index (χ2n) is 3.21. The van der Waals surface area contributed by atoms with Crippen molar-refractivity contribution in [1.29, 1.82) is 0 Å². The van der Waals surface area contributed by atoms with Crippen molar-refractivity contribution in [3.8, 4) is 0 Å². The lowest BCUT2D eigenvalue weighted by Crippen LogP contribution is -2.08. The summed E-state index contributed by atoms with van der Waals surface area (Å²) in [6.07, 6.45) is 0.268. The average molecular weight is 298 g/mol. The highest BCUT2D eigenvalue weighted by Crippen LogP contribution is 2.13. The molecule has 2 N–H and O–H groups in total. The molecule has 9 heteroatoms. The third-order valence-electron chi connectivity index (χ3n) is 1.84. The highest BCUT2D eigenvalue weighted by Gasteiger charge is 2.09. The number of hydrogen-bond acceptors (Lipinski definition) is 4. The molecule has 0 heterocycles. The Morgan fingerprint density at radius 1 is 1.00 bits per heavy atom. The lowest BCUT2D eigenvalue weighted by molar-refractivity contribution is 0.481. The lowest BCUT2D eigenvalue weighted by Gasteiger charge is -2.02. The van der Waals surface area contributed by atoms with Crippen LogP contribution < -0.4 is 5.30 Å². The van der Waals surface area contributed by atoms with E-state index in [9.17, 15) is 16.8 Å². The molecule has 0 saturated carbocycles. The highest BCUT2D eigenvalue weighted by atomic mass is 32.2. The van der Waals surface area contributed by atoms with Crippen molar-refractivity contribution in [2.45, 2.75) is 4.90 Å². The molecule has 0 aliphatic heterocycles. The average Bonchev–Trinajstić information content (AvgIpc) is 2.15. The molecule has 0 aliphatic rings. The van der Waals surface area contributed by atoms with Crippen LogP contribution >= 0.6 is 8.58 Å². The first-order chi connectivity index (χ1) is 7.68. The van der Waals surface area contributed by atoms with Gasteiger partial charge in [-0.15, -0.1) is 0 Å². The standard InChI is InChI=1S/C8H11O6PS2/c9-16(10,11)6-5-15-7-1-3-8(4-2-7)17(12,13)14/h1-4,15H,5-6H2,(H,9,10,11)(H,12,13,14). The highest BCUT2D eigenvalue weighted by molar-refractivity contribution is 7.86. The van der Waals surface area contributed by atoms with Crippen molar-refractivity contribution in [3.63, 3.8) is 0 Å². The van der Waals surface area contributed by atoms with Crippen LogP contribution in [0, 0.1) is 0 Å². The third-order valence-corrected chi connectivity index (χ3v) is 5.03. The molecule has 0 aliphatic carbocycles. The Kier molecular flexibility index (Phi) is 4.62. The van der Waals surface area contributed by atoms with Gasteiger partial charge in [0.15, 0.2) is 0 Å². The van der Waals surface area contributed by atoms with Crippen molar-refractivity contribution in [1.82, 2.24) is 0 Å².